The van der Waals surface area contributed by atoms with Crippen LogP contribution in [0.25, 0.3) is 0 Å². The van der Waals surface area contributed by atoms with Crippen LogP contribution in [0.5, 0.6) is 0 Å². The molecular weight excluding hydrogens is 154 g/mol. The molecule has 0 N–H and O–H groups in total. The van der Waals surface area contributed by atoms with Crippen LogP contribution < -0.4 is 0 Å². The highest BCUT2D eigenvalue weighted by Crippen LogP contribution is 1.88. The molecule has 1 nitrogen and oxygen atoms in total. The lowest BCUT2D eigenvalue weighted by molar-refractivity contribution is 1.47. The molecule has 0 atom stereocenters. The van der Waals surface area contributed by atoms with E-state index in [4.69, 9.17) is 0 Å². The minimum atomic E-state index is 0.884. The van der Waals surface area contributed by atoms with Crippen molar-refractivity contribution in [2.75, 3.05) is 7.05 Å². The molecule has 40 valence electrons. The lowest BCUT2D eigenvalue weighted by atomic mass is 10.6. The second-order valence-electron chi connectivity index (χ2n) is 1.05. The summed E-state index contributed by atoms with van der Waals surface area (Å²) in [6, 6.07) is 0. The molecule has 0 spiro atoms. The van der Waals surface area contributed by atoms with Crippen molar-refractivity contribution >= 4 is 20.6 Å². The van der Waals surface area contributed by atoms with Gasteiger partial charge in [0.15, 0.2) is 0 Å². The molecule has 0 aliphatic carbocycles. The van der Waals surface area contributed by atoms with Gasteiger partial charge in [0.25, 0.3) is 0 Å². The van der Waals surface area contributed by atoms with Gasteiger partial charge in [0.05, 0.1) is 4.62 Å². The van der Waals surface area contributed by atoms with E-state index < -0.39 is 0 Å². The maximum atomic E-state index is 3.82. The molecule has 0 radical (unpaired) electrons. The fourth-order valence-electron chi connectivity index (χ4n) is 0.212. The van der Waals surface area contributed by atoms with Crippen LogP contribution in [0.1, 0.15) is 6.92 Å². The average Bonchev–Trinajstić information content (AvgIpc) is 1.68. The van der Waals surface area contributed by atoms with E-state index in [1.807, 2.05) is 19.1 Å². The summed E-state index contributed by atoms with van der Waals surface area (Å²) in [7, 11) is 1.74. The summed E-state index contributed by atoms with van der Waals surface area (Å²) in [4.78, 5) is 3.82. The van der Waals surface area contributed by atoms with Crippen LogP contribution in [0.2, 0.25) is 0 Å². The normalized spacial score (nSPS) is 13.3. The molecule has 0 aliphatic heterocycles. The predicted molar refractivity (Wildman–Crippen MR) is 37.1 cm³/mol. The van der Waals surface area contributed by atoms with Crippen LogP contribution in [0.15, 0.2) is 17.1 Å². The van der Waals surface area contributed by atoms with Crippen molar-refractivity contribution in [3.63, 3.8) is 0 Å². The number of halogens is 1. The number of hydrogen-bond acceptors (Lipinski definition) is 1. The smallest absolute Gasteiger partial charge is 0.0994 e. The van der Waals surface area contributed by atoms with Gasteiger partial charge in [0, 0.05) is 7.05 Å². The standard InChI is InChI=1S/C5H8BrN/c1-3-4-5(6)7-2/h3-4H,1-2H3. The van der Waals surface area contributed by atoms with Crippen LogP contribution in [-0.4, -0.2) is 11.7 Å². The van der Waals surface area contributed by atoms with Gasteiger partial charge in [-0.1, -0.05) is 6.08 Å². The SMILES string of the molecule is CC=CC(Br)=NC. The summed E-state index contributed by atoms with van der Waals surface area (Å²) in [5, 5.41) is 0. The highest BCUT2D eigenvalue weighted by molar-refractivity contribution is 9.18. The summed E-state index contributed by atoms with van der Waals surface area (Å²) in [6.45, 7) is 1.95. The number of nitrogens with zero attached hydrogens (tertiary/aromatic N) is 1. The zero-order valence-corrected chi connectivity index (χ0v) is 6.07. The molecule has 0 bridgehead atoms. The molecule has 0 amide bonds. The Labute approximate surface area is 52.3 Å². The van der Waals surface area contributed by atoms with E-state index in [9.17, 15) is 0 Å². The fraction of sp³-hybridized carbons (Fsp3) is 0.400. The van der Waals surface area contributed by atoms with Gasteiger partial charge >= 0.3 is 0 Å². The van der Waals surface area contributed by atoms with Crippen LogP contribution in [0, 0.1) is 0 Å². The second-order valence-corrected chi connectivity index (χ2v) is 1.86. The molecule has 0 saturated carbocycles. The van der Waals surface area contributed by atoms with Crippen molar-refractivity contribution in [2.24, 2.45) is 4.99 Å². The Balaban J connectivity index is 3.58. The zero-order valence-electron chi connectivity index (χ0n) is 4.48. The minimum absolute atomic E-state index is 0.884. The third kappa shape index (κ3) is 3.73. The predicted octanol–water partition coefficient (Wildman–Crippen LogP) is 1.99. The average molecular weight is 162 g/mol. The van der Waals surface area contributed by atoms with Gasteiger partial charge in [-0.25, -0.2) is 0 Å². The molecule has 0 aromatic heterocycles. The van der Waals surface area contributed by atoms with E-state index in [1.54, 1.807) is 7.05 Å². The Kier molecular flexibility index (Phi) is 4.00. The zero-order chi connectivity index (χ0) is 5.70. The van der Waals surface area contributed by atoms with Gasteiger partial charge in [-0.2, -0.15) is 0 Å². The first-order chi connectivity index (χ1) is 3.31. The first kappa shape index (κ1) is 6.89. The lowest BCUT2D eigenvalue weighted by Gasteiger charge is -1.78. The molecule has 2 heteroatoms. The quantitative estimate of drug-likeness (QED) is 0.522. The monoisotopic (exact) mass is 161 g/mol. The van der Waals surface area contributed by atoms with Crippen molar-refractivity contribution in [1.82, 2.24) is 0 Å². The Morgan fingerprint density at radius 2 is 2.29 bits per heavy atom. The molecule has 0 fully saturated rings. The maximum absolute atomic E-state index is 3.82. The van der Waals surface area contributed by atoms with Gasteiger partial charge in [-0.3, -0.25) is 4.99 Å². The molecule has 0 aliphatic rings. The van der Waals surface area contributed by atoms with Gasteiger partial charge in [0.1, 0.15) is 0 Å². The number of aliphatic imine (C=N–C) groups is 1. The third-order valence-corrected chi connectivity index (χ3v) is 1.14. The van der Waals surface area contributed by atoms with E-state index in [-0.39, 0.29) is 0 Å². The van der Waals surface area contributed by atoms with Crippen molar-refractivity contribution in [3.05, 3.63) is 12.2 Å². The Morgan fingerprint density at radius 3 is 2.43 bits per heavy atom. The first-order valence-corrected chi connectivity index (χ1v) is 2.85. The Bertz CT molecular complexity index is 94.3. The number of rotatable bonds is 1. The fourth-order valence-corrected chi connectivity index (χ4v) is 0.476. The van der Waals surface area contributed by atoms with Gasteiger partial charge < -0.3 is 0 Å². The molecule has 0 rings (SSSR count). The number of hydrogen-bond donors (Lipinski definition) is 0. The van der Waals surface area contributed by atoms with E-state index >= 15 is 0 Å². The summed E-state index contributed by atoms with van der Waals surface area (Å²) >= 11 is 3.20. The highest BCUT2D eigenvalue weighted by atomic mass is 79.9. The molecular formula is C5H8BrN. The van der Waals surface area contributed by atoms with Crippen LogP contribution >= 0.6 is 15.9 Å². The number of allylic oxidation sites excluding steroid dienone is 2. The van der Waals surface area contributed by atoms with E-state index in [2.05, 4.69) is 20.9 Å². The summed E-state index contributed by atoms with van der Waals surface area (Å²) in [5.74, 6) is 0. The van der Waals surface area contributed by atoms with E-state index in [0.29, 0.717) is 0 Å². The Morgan fingerprint density at radius 1 is 1.71 bits per heavy atom. The van der Waals surface area contributed by atoms with Gasteiger partial charge in [-0.05, 0) is 28.9 Å². The largest absolute Gasteiger partial charge is 0.281 e. The van der Waals surface area contributed by atoms with Crippen molar-refractivity contribution in [2.45, 2.75) is 6.92 Å². The molecule has 0 heterocycles. The molecule has 0 aromatic carbocycles. The second kappa shape index (κ2) is 4.06. The summed E-state index contributed by atoms with van der Waals surface area (Å²) < 4.78 is 0.884. The van der Waals surface area contributed by atoms with Crippen LogP contribution in [-0.2, 0) is 0 Å². The molecule has 0 unspecified atom stereocenters. The van der Waals surface area contributed by atoms with Crippen molar-refractivity contribution in [1.29, 1.82) is 0 Å². The third-order valence-electron chi connectivity index (χ3n) is 0.518. The van der Waals surface area contributed by atoms with Crippen molar-refractivity contribution in [3.8, 4) is 0 Å². The van der Waals surface area contributed by atoms with Crippen molar-refractivity contribution < 1.29 is 0 Å². The van der Waals surface area contributed by atoms with Crippen LogP contribution in [0.3, 0.4) is 0 Å². The topological polar surface area (TPSA) is 12.4 Å². The highest BCUT2D eigenvalue weighted by Gasteiger charge is 1.74. The van der Waals surface area contributed by atoms with E-state index in [0.717, 1.165) is 4.62 Å². The van der Waals surface area contributed by atoms with E-state index in [1.165, 1.54) is 0 Å². The molecule has 0 aromatic rings. The maximum Gasteiger partial charge on any atom is 0.0994 e. The Hall–Kier alpha value is -0.110. The first-order valence-electron chi connectivity index (χ1n) is 2.06. The summed E-state index contributed by atoms with van der Waals surface area (Å²) in [6.07, 6.45) is 3.82. The lowest BCUT2D eigenvalue weighted by Crippen LogP contribution is -1.73. The van der Waals surface area contributed by atoms with Gasteiger partial charge in [-0.15, -0.1) is 0 Å². The van der Waals surface area contributed by atoms with Crippen LogP contribution in [0.4, 0.5) is 0 Å². The minimum Gasteiger partial charge on any atom is -0.281 e. The molecule has 7 heavy (non-hydrogen) atoms. The summed E-state index contributed by atoms with van der Waals surface area (Å²) in [5.41, 5.74) is 0. The van der Waals surface area contributed by atoms with Gasteiger partial charge in [0.2, 0.25) is 0 Å². The molecule has 0 saturated heterocycles.